The number of likely N-dealkylation sites (N-methyl/N-ethyl adjacent to an activating group) is 1. The molecule has 1 amide bonds. The molecule has 39 heavy (non-hydrogen) atoms. The predicted octanol–water partition coefficient (Wildman–Crippen LogP) is 3.31. The summed E-state index contributed by atoms with van der Waals surface area (Å²) >= 11 is 0. The lowest BCUT2D eigenvalue weighted by Crippen LogP contribution is -2.56. The molecule has 2 heterocycles. The SMILES string of the molecule is COCCC1(C)C(=O)c2c(O)c(=O)c(C(=O)NCc3ccc(F)cc3F)cn2CC1N(C)CCCP(C)(C)=O. The van der Waals surface area contributed by atoms with Gasteiger partial charge in [-0.05, 0) is 45.8 Å². The molecule has 0 fully saturated rings. The fourth-order valence-electron chi connectivity index (χ4n) is 5.02. The molecule has 2 atom stereocenters. The first kappa shape index (κ1) is 30.7. The zero-order valence-electron chi connectivity index (χ0n) is 22.9. The standard InChI is InChI=1S/C27H36F2N3O6P/c1-27(9-11-38-3)21(31(2)10-6-12-39(4,5)37)16-32-15-19(23(33)24(34)22(32)25(27)35)26(36)30-14-17-7-8-18(28)13-20(17)29/h7-8,13,15,21,34H,6,9-12,14,16H2,1-5H3,(H,30,36). The molecule has 2 N–H and O–H groups in total. The molecule has 0 bridgehead atoms. The van der Waals surface area contributed by atoms with Gasteiger partial charge in [0.05, 0.1) is 12.6 Å². The Morgan fingerprint density at radius 2 is 2.00 bits per heavy atom. The molecule has 0 radical (unpaired) electrons. The van der Waals surface area contributed by atoms with Gasteiger partial charge in [-0.1, -0.05) is 13.0 Å². The number of nitrogens with one attached hydrogen (secondary N) is 1. The van der Waals surface area contributed by atoms with Crippen LogP contribution in [0.1, 0.15) is 46.2 Å². The molecule has 12 heteroatoms. The summed E-state index contributed by atoms with van der Waals surface area (Å²) < 4.78 is 46.0. The monoisotopic (exact) mass is 567 g/mol. The van der Waals surface area contributed by atoms with Gasteiger partial charge in [0.2, 0.25) is 5.43 Å². The third-order valence-electron chi connectivity index (χ3n) is 7.36. The molecule has 0 saturated heterocycles. The van der Waals surface area contributed by atoms with Crippen molar-refractivity contribution in [2.45, 2.75) is 38.9 Å². The number of halogens is 2. The molecule has 214 valence electrons. The van der Waals surface area contributed by atoms with Gasteiger partial charge in [0.25, 0.3) is 5.91 Å². The van der Waals surface area contributed by atoms with Gasteiger partial charge in [-0.25, -0.2) is 8.78 Å². The number of nitrogens with zero attached hydrogens (tertiary/aromatic N) is 2. The van der Waals surface area contributed by atoms with Crippen LogP contribution < -0.4 is 10.7 Å². The highest BCUT2D eigenvalue weighted by Gasteiger charge is 2.49. The molecule has 0 spiro atoms. The van der Waals surface area contributed by atoms with Gasteiger partial charge in [-0.15, -0.1) is 0 Å². The van der Waals surface area contributed by atoms with E-state index in [0.29, 0.717) is 31.6 Å². The van der Waals surface area contributed by atoms with Crippen LogP contribution in [-0.2, 0) is 22.4 Å². The van der Waals surface area contributed by atoms with Gasteiger partial charge in [0.1, 0.15) is 22.9 Å². The quantitative estimate of drug-likeness (QED) is 0.400. The molecule has 1 aromatic carbocycles. The zero-order chi connectivity index (χ0) is 29.1. The van der Waals surface area contributed by atoms with Crippen molar-refractivity contribution >= 4 is 18.8 Å². The maximum absolute atomic E-state index is 14.0. The lowest BCUT2D eigenvalue weighted by molar-refractivity contribution is 0.0281. The van der Waals surface area contributed by atoms with Gasteiger partial charge in [-0.2, -0.15) is 0 Å². The summed E-state index contributed by atoms with van der Waals surface area (Å²) in [6, 6.07) is 2.53. The third kappa shape index (κ3) is 6.83. The van der Waals surface area contributed by atoms with Crippen molar-refractivity contribution in [3.63, 3.8) is 0 Å². The minimum Gasteiger partial charge on any atom is -0.503 e. The molecule has 1 aromatic heterocycles. The second-order valence-electron chi connectivity index (χ2n) is 10.8. The number of benzene rings is 1. The van der Waals surface area contributed by atoms with Crippen molar-refractivity contribution in [2.75, 3.05) is 46.8 Å². The maximum Gasteiger partial charge on any atom is 0.257 e. The van der Waals surface area contributed by atoms with E-state index in [0.717, 1.165) is 6.07 Å². The average molecular weight is 568 g/mol. The van der Waals surface area contributed by atoms with E-state index in [4.69, 9.17) is 4.74 Å². The van der Waals surface area contributed by atoms with Crippen molar-refractivity contribution in [1.82, 2.24) is 14.8 Å². The van der Waals surface area contributed by atoms with Crippen LogP contribution >= 0.6 is 7.14 Å². The highest BCUT2D eigenvalue weighted by atomic mass is 31.2. The van der Waals surface area contributed by atoms with Crippen LogP contribution in [0, 0.1) is 17.0 Å². The fourth-order valence-corrected chi connectivity index (χ4v) is 5.92. The van der Waals surface area contributed by atoms with Gasteiger partial charge in [0, 0.05) is 56.8 Å². The van der Waals surface area contributed by atoms with Crippen molar-refractivity contribution in [3.05, 3.63) is 63.1 Å². The molecule has 0 aliphatic carbocycles. The molecular weight excluding hydrogens is 531 g/mol. The Labute approximate surface area is 226 Å². The Kier molecular flexibility index (Phi) is 9.51. The maximum atomic E-state index is 14.0. The molecule has 2 aromatic rings. The van der Waals surface area contributed by atoms with Gasteiger partial charge in [0.15, 0.2) is 11.5 Å². The number of hydrogen-bond acceptors (Lipinski definition) is 7. The first-order valence-corrected chi connectivity index (χ1v) is 15.4. The van der Waals surface area contributed by atoms with E-state index >= 15 is 0 Å². The van der Waals surface area contributed by atoms with Crippen LogP contribution in [0.15, 0.2) is 29.2 Å². The number of fused-ring (bicyclic) bond motifs is 1. The zero-order valence-corrected chi connectivity index (χ0v) is 23.8. The summed E-state index contributed by atoms with van der Waals surface area (Å²) in [5.74, 6) is -3.77. The van der Waals surface area contributed by atoms with Crippen LogP contribution in [-0.4, -0.2) is 79.1 Å². The van der Waals surface area contributed by atoms with E-state index < -0.39 is 52.6 Å². The Balaban J connectivity index is 1.94. The largest absolute Gasteiger partial charge is 0.503 e. The highest BCUT2D eigenvalue weighted by Crippen LogP contribution is 2.41. The highest BCUT2D eigenvalue weighted by molar-refractivity contribution is 7.62. The summed E-state index contributed by atoms with van der Waals surface area (Å²) in [6.07, 6.45) is 2.77. The molecule has 2 unspecified atom stereocenters. The van der Waals surface area contributed by atoms with Crippen molar-refractivity contribution in [1.29, 1.82) is 0 Å². The number of rotatable bonds is 11. The number of hydrogen-bond donors (Lipinski definition) is 2. The van der Waals surface area contributed by atoms with E-state index in [1.54, 1.807) is 20.3 Å². The van der Waals surface area contributed by atoms with E-state index in [1.807, 2.05) is 11.9 Å². The smallest absolute Gasteiger partial charge is 0.257 e. The Hall–Kier alpha value is -2.88. The predicted molar refractivity (Wildman–Crippen MR) is 144 cm³/mol. The molecule has 9 nitrogen and oxygen atoms in total. The third-order valence-corrected chi connectivity index (χ3v) is 8.75. The van der Waals surface area contributed by atoms with Crippen molar-refractivity contribution in [2.24, 2.45) is 5.41 Å². The number of aromatic nitrogens is 1. The molecule has 0 saturated carbocycles. The number of carbonyl (C=O) groups excluding carboxylic acids is 2. The van der Waals surface area contributed by atoms with Crippen LogP contribution in [0.3, 0.4) is 0 Å². The summed E-state index contributed by atoms with van der Waals surface area (Å²) in [5, 5.41) is 13.2. The van der Waals surface area contributed by atoms with Gasteiger partial charge >= 0.3 is 0 Å². The van der Waals surface area contributed by atoms with Crippen molar-refractivity contribution in [3.8, 4) is 5.75 Å². The van der Waals surface area contributed by atoms with Crippen LogP contribution in [0.4, 0.5) is 8.78 Å². The number of ether oxygens (including phenoxy) is 1. The topological polar surface area (TPSA) is 118 Å². The average Bonchev–Trinajstić information content (AvgIpc) is 2.85. The fraction of sp³-hybridized carbons (Fsp3) is 0.519. The number of aromatic hydroxyl groups is 1. The normalized spacial score (nSPS) is 19.3. The molecule has 3 rings (SSSR count). The van der Waals surface area contributed by atoms with Crippen molar-refractivity contribution < 1.29 is 32.8 Å². The van der Waals surface area contributed by atoms with Gasteiger partial charge < -0.3 is 29.2 Å². The van der Waals surface area contributed by atoms with E-state index in [1.165, 1.54) is 23.9 Å². The number of Topliss-reactive ketones (excluding diaryl/α,β-unsaturated/α-hetero) is 1. The van der Waals surface area contributed by atoms with Crippen LogP contribution in [0.25, 0.3) is 0 Å². The number of ketones is 1. The molecule has 1 aliphatic rings. The summed E-state index contributed by atoms with van der Waals surface area (Å²) in [4.78, 5) is 41.7. The second-order valence-corrected chi connectivity index (χ2v) is 14.4. The first-order valence-electron chi connectivity index (χ1n) is 12.7. The van der Waals surface area contributed by atoms with Gasteiger partial charge in [-0.3, -0.25) is 14.4 Å². The number of methoxy groups -OCH3 is 1. The minimum absolute atomic E-state index is 0.0153. The van der Waals surface area contributed by atoms with E-state index in [-0.39, 0.29) is 37.0 Å². The molecule has 1 aliphatic heterocycles. The van der Waals surface area contributed by atoms with Crippen LogP contribution in [0.5, 0.6) is 5.75 Å². The first-order chi connectivity index (χ1) is 18.2. The van der Waals surface area contributed by atoms with Crippen LogP contribution in [0.2, 0.25) is 0 Å². The lowest BCUT2D eigenvalue weighted by Gasteiger charge is -2.46. The minimum atomic E-state index is -2.21. The number of amides is 1. The number of carbonyl (C=O) groups is 2. The summed E-state index contributed by atoms with van der Waals surface area (Å²) in [7, 11) is 1.17. The Morgan fingerprint density at radius 1 is 1.31 bits per heavy atom. The summed E-state index contributed by atoms with van der Waals surface area (Å²) in [6.45, 7) is 5.94. The second kappa shape index (κ2) is 12.1. The Bertz CT molecular complexity index is 1360. The summed E-state index contributed by atoms with van der Waals surface area (Å²) in [5.41, 5.74) is -2.61. The van der Waals surface area contributed by atoms with E-state index in [9.17, 15) is 32.8 Å². The lowest BCUT2D eigenvalue weighted by atomic mass is 9.71. The number of pyridine rings is 1. The Morgan fingerprint density at radius 3 is 2.62 bits per heavy atom. The van der Waals surface area contributed by atoms with E-state index in [2.05, 4.69) is 5.32 Å². The molecular formula is C27H36F2N3O6P.